The van der Waals surface area contributed by atoms with Crippen molar-refractivity contribution in [1.82, 2.24) is 20.4 Å². The summed E-state index contributed by atoms with van der Waals surface area (Å²) in [5.74, 6) is 0.979. The standard InChI is InChI=1S/C22H39N5S.HI/c1-23-22(24-11-4-2-5-12-26-13-6-3-7-14-26)25-21-8-15-27(16-9-21)18-20-10-17-28-19-20;/h10,17,19,21H,2-9,11-16,18H2,1H3,(H2,23,24,25);1H. The minimum Gasteiger partial charge on any atom is -0.356 e. The van der Waals surface area contributed by atoms with Crippen LogP contribution in [-0.2, 0) is 6.54 Å². The lowest BCUT2D eigenvalue weighted by Gasteiger charge is -2.33. The van der Waals surface area contributed by atoms with E-state index in [-0.39, 0.29) is 24.0 Å². The van der Waals surface area contributed by atoms with E-state index in [0.29, 0.717) is 6.04 Å². The van der Waals surface area contributed by atoms with Gasteiger partial charge in [0.2, 0.25) is 0 Å². The van der Waals surface area contributed by atoms with Crippen LogP contribution in [0.4, 0.5) is 0 Å². The zero-order valence-corrected chi connectivity index (χ0v) is 21.2. The van der Waals surface area contributed by atoms with Gasteiger partial charge in [0.15, 0.2) is 5.96 Å². The van der Waals surface area contributed by atoms with Gasteiger partial charge in [0.25, 0.3) is 0 Å². The molecule has 0 saturated carbocycles. The summed E-state index contributed by atoms with van der Waals surface area (Å²) in [6, 6.07) is 2.79. The van der Waals surface area contributed by atoms with Gasteiger partial charge in [-0.1, -0.05) is 12.8 Å². The first-order chi connectivity index (χ1) is 13.8. The van der Waals surface area contributed by atoms with Crippen LogP contribution in [0.5, 0.6) is 0 Å². The van der Waals surface area contributed by atoms with Crippen LogP contribution in [0.2, 0.25) is 0 Å². The van der Waals surface area contributed by atoms with Crippen LogP contribution in [0.25, 0.3) is 0 Å². The molecule has 3 heterocycles. The number of nitrogens with one attached hydrogen (secondary N) is 2. The summed E-state index contributed by atoms with van der Waals surface area (Å²) in [6.07, 6.45) is 10.5. The number of halogens is 1. The number of piperidine rings is 2. The predicted octanol–water partition coefficient (Wildman–Crippen LogP) is 4.15. The van der Waals surface area contributed by atoms with E-state index in [2.05, 4.69) is 42.3 Å². The molecule has 29 heavy (non-hydrogen) atoms. The lowest BCUT2D eigenvalue weighted by molar-refractivity contribution is 0.198. The van der Waals surface area contributed by atoms with Crippen molar-refractivity contribution in [3.8, 4) is 0 Å². The van der Waals surface area contributed by atoms with E-state index in [1.807, 2.05) is 7.05 Å². The Bertz CT molecular complexity index is 552. The molecule has 0 aliphatic carbocycles. The number of thiophene rings is 1. The van der Waals surface area contributed by atoms with E-state index in [1.165, 1.54) is 89.7 Å². The zero-order chi connectivity index (χ0) is 19.4. The summed E-state index contributed by atoms with van der Waals surface area (Å²) in [7, 11) is 1.89. The first-order valence-corrected chi connectivity index (χ1v) is 12.2. The number of nitrogens with zero attached hydrogens (tertiary/aromatic N) is 3. The van der Waals surface area contributed by atoms with Crippen molar-refractivity contribution in [2.45, 2.75) is 64.0 Å². The maximum absolute atomic E-state index is 4.43. The highest BCUT2D eigenvalue weighted by Crippen LogP contribution is 2.15. The fourth-order valence-corrected chi connectivity index (χ4v) is 4.95. The van der Waals surface area contributed by atoms with Gasteiger partial charge in [-0.15, -0.1) is 24.0 Å². The lowest BCUT2D eigenvalue weighted by Crippen LogP contribution is -2.48. The number of likely N-dealkylation sites (tertiary alicyclic amines) is 2. The summed E-state index contributed by atoms with van der Waals surface area (Å²) in [5.41, 5.74) is 1.45. The molecule has 0 unspecified atom stereocenters. The average molecular weight is 534 g/mol. The van der Waals surface area contributed by atoms with Crippen LogP contribution in [-0.4, -0.2) is 68.1 Å². The molecule has 0 spiro atoms. The number of aliphatic imine (C=N–C) groups is 1. The molecule has 2 aliphatic rings. The van der Waals surface area contributed by atoms with Gasteiger partial charge in [0, 0.05) is 39.3 Å². The van der Waals surface area contributed by atoms with Gasteiger partial charge in [0.05, 0.1) is 0 Å². The minimum absolute atomic E-state index is 0. The maximum atomic E-state index is 4.43. The smallest absolute Gasteiger partial charge is 0.191 e. The topological polar surface area (TPSA) is 42.9 Å². The van der Waals surface area contributed by atoms with Crippen LogP contribution in [0, 0.1) is 0 Å². The average Bonchev–Trinajstić information content (AvgIpc) is 3.25. The molecule has 2 aliphatic heterocycles. The second-order valence-electron chi connectivity index (χ2n) is 8.29. The van der Waals surface area contributed by atoms with Crippen molar-refractivity contribution in [1.29, 1.82) is 0 Å². The molecule has 0 bridgehead atoms. The summed E-state index contributed by atoms with van der Waals surface area (Å²) in [5, 5.41) is 11.6. The van der Waals surface area contributed by atoms with E-state index in [4.69, 9.17) is 0 Å². The van der Waals surface area contributed by atoms with Crippen molar-refractivity contribution in [2.24, 2.45) is 4.99 Å². The van der Waals surface area contributed by atoms with Crippen molar-refractivity contribution < 1.29 is 0 Å². The van der Waals surface area contributed by atoms with Gasteiger partial charge in [-0.05, 0) is 80.5 Å². The molecule has 0 aromatic carbocycles. The molecular weight excluding hydrogens is 493 g/mol. The monoisotopic (exact) mass is 533 g/mol. The second-order valence-corrected chi connectivity index (χ2v) is 9.07. The Balaban J connectivity index is 0.00000300. The molecule has 2 fully saturated rings. The van der Waals surface area contributed by atoms with E-state index < -0.39 is 0 Å². The highest BCUT2D eigenvalue weighted by Gasteiger charge is 2.20. The first-order valence-electron chi connectivity index (χ1n) is 11.3. The van der Waals surface area contributed by atoms with E-state index in [9.17, 15) is 0 Å². The van der Waals surface area contributed by atoms with Gasteiger partial charge < -0.3 is 15.5 Å². The summed E-state index contributed by atoms with van der Waals surface area (Å²) in [4.78, 5) is 9.64. The zero-order valence-electron chi connectivity index (χ0n) is 18.1. The summed E-state index contributed by atoms with van der Waals surface area (Å²) in [6.45, 7) is 8.39. The van der Waals surface area contributed by atoms with Crippen molar-refractivity contribution in [3.05, 3.63) is 22.4 Å². The molecule has 1 aromatic rings. The highest BCUT2D eigenvalue weighted by atomic mass is 127. The summed E-state index contributed by atoms with van der Waals surface area (Å²) >= 11 is 1.79. The van der Waals surface area contributed by atoms with Crippen molar-refractivity contribution in [3.63, 3.8) is 0 Å². The van der Waals surface area contributed by atoms with Crippen molar-refractivity contribution >= 4 is 41.3 Å². The molecule has 2 N–H and O–H groups in total. The SMILES string of the molecule is CN=C(NCCCCCN1CCCCC1)NC1CCN(Cc2ccsc2)CC1.I. The summed E-state index contributed by atoms with van der Waals surface area (Å²) < 4.78 is 0. The lowest BCUT2D eigenvalue weighted by atomic mass is 10.0. The molecule has 0 atom stereocenters. The van der Waals surface area contributed by atoms with Gasteiger partial charge in [0.1, 0.15) is 0 Å². The third-order valence-electron chi connectivity index (χ3n) is 6.03. The minimum atomic E-state index is 0. The normalized spacial score (nSPS) is 19.7. The van der Waals surface area contributed by atoms with Gasteiger partial charge in [-0.3, -0.25) is 9.89 Å². The molecule has 5 nitrogen and oxygen atoms in total. The van der Waals surface area contributed by atoms with Crippen LogP contribution in [0.15, 0.2) is 21.8 Å². The first kappa shape index (κ1) is 24.9. The third-order valence-corrected chi connectivity index (χ3v) is 6.76. The molecule has 0 amide bonds. The fraction of sp³-hybridized carbons (Fsp3) is 0.773. The Labute approximate surface area is 198 Å². The van der Waals surface area contributed by atoms with Crippen LogP contribution < -0.4 is 10.6 Å². The Kier molecular flexibility index (Phi) is 12.5. The van der Waals surface area contributed by atoms with E-state index in [1.54, 1.807) is 11.3 Å². The van der Waals surface area contributed by atoms with Gasteiger partial charge >= 0.3 is 0 Å². The molecular formula is C22H40IN5S. The third kappa shape index (κ3) is 9.53. The molecule has 2 saturated heterocycles. The highest BCUT2D eigenvalue weighted by molar-refractivity contribution is 14.0. The number of hydrogen-bond donors (Lipinski definition) is 2. The Morgan fingerprint density at radius 3 is 2.55 bits per heavy atom. The predicted molar refractivity (Wildman–Crippen MR) is 137 cm³/mol. The van der Waals surface area contributed by atoms with Gasteiger partial charge in [-0.25, -0.2) is 0 Å². The van der Waals surface area contributed by atoms with Gasteiger partial charge in [-0.2, -0.15) is 11.3 Å². The Morgan fingerprint density at radius 1 is 1.07 bits per heavy atom. The van der Waals surface area contributed by atoms with Crippen LogP contribution in [0.1, 0.15) is 56.9 Å². The fourth-order valence-electron chi connectivity index (χ4n) is 4.29. The van der Waals surface area contributed by atoms with E-state index >= 15 is 0 Å². The quantitative estimate of drug-likeness (QED) is 0.217. The molecule has 1 aromatic heterocycles. The number of hydrogen-bond acceptors (Lipinski definition) is 4. The van der Waals surface area contributed by atoms with E-state index in [0.717, 1.165) is 19.0 Å². The number of rotatable bonds is 9. The Morgan fingerprint density at radius 2 is 1.86 bits per heavy atom. The maximum Gasteiger partial charge on any atom is 0.191 e. The number of unbranched alkanes of at least 4 members (excludes halogenated alkanes) is 2. The van der Waals surface area contributed by atoms with Crippen molar-refractivity contribution in [2.75, 3.05) is 46.3 Å². The Hall–Kier alpha value is -0.380. The molecule has 7 heteroatoms. The molecule has 166 valence electrons. The van der Waals surface area contributed by atoms with Crippen LogP contribution >= 0.6 is 35.3 Å². The largest absolute Gasteiger partial charge is 0.356 e. The second kappa shape index (κ2) is 14.6. The molecule has 3 rings (SSSR count). The number of guanidine groups is 1. The van der Waals surface area contributed by atoms with Crippen LogP contribution in [0.3, 0.4) is 0 Å². The molecule has 0 radical (unpaired) electrons.